The number of carbonyl (C=O) groups is 1. The summed E-state index contributed by atoms with van der Waals surface area (Å²) in [4.78, 5) is 12.4. The SMILES string of the molecule is CCC(=O)C1=C(/C=C/C(C)=C/C=C/C(C)=C/c2ccc(O)c(C)c2)C(C)(C)CCC1. The number of aryl methyl sites for hydroxylation is 1. The van der Waals surface area contributed by atoms with E-state index in [1.807, 2.05) is 26.0 Å². The first-order valence-electron chi connectivity index (χ1n) is 10.9. The van der Waals surface area contributed by atoms with Crippen molar-refractivity contribution < 1.29 is 9.90 Å². The summed E-state index contributed by atoms with van der Waals surface area (Å²) >= 11 is 0. The molecule has 2 rings (SSSR count). The molecule has 2 nitrogen and oxygen atoms in total. The molecule has 0 atom stereocenters. The van der Waals surface area contributed by atoms with Crippen LogP contribution in [-0.4, -0.2) is 10.9 Å². The fourth-order valence-electron chi connectivity index (χ4n) is 3.92. The molecule has 0 fully saturated rings. The van der Waals surface area contributed by atoms with E-state index < -0.39 is 0 Å². The molecule has 2 heteroatoms. The summed E-state index contributed by atoms with van der Waals surface area (Å²) in [6.45, 7) is 12.5. The summed E-state index contributed by atoms with van der Waals surface area (Å²) in [5.41, 5.74) is 6.52. The lowest BCUT2D eigenvalue weighted by atomic mass is 9.71. The van der Waals surface area contributed by atoms with E-state index in [-0.39, 0.29) is 11.2 Å². The minimum atomic E-state index is 0.0482. The summed E-state index contributed by atoms with van der Waals surface area (Å²) in [5.74, 6) is 0.611. The van der Waals surface area contributed by atoms with Crippen LogP contribution in [0.3, 0.4) is 0 Å². The lowest BCUT2D eigenvalue weighted by molar-refractivity contribution is -0.115. The lowest BCUT2D eigenvalue weighted by Gasteiger charge is -2.33. The number of aromatic hydroxyl groups is 1. The maximum absolute atomic E-state index is 12.4. The molecule has 160 valence electrons. The molecule has 30 heavy (non-hydrogen) atoms. The number of carbonyl (C=O) groups excluding carboxylic acids is 1. The number of rotatable bonds is 7. The smallest absolute Gasteiger partial charge is 0.158 e. The van der Waals surface area contributed by atoms with Crippen LogP contribution in [0.4, 0.5) is 0 Å². The van der Waals surface area contributed by atoms with E-state index in [2.05, 4.69) is 64.2 Å². The zero-order valence-corrected chi connectivity index (χ0v) is 19.4. The molecular formula is C28H36O2. The van der Waals surface area contributed by atoms with Gasteiger partial charge in [-0.05, 0) is 79.9 Å². The second-order valence-electron chi connectivity index (χ2n) is 8.94. The zero-order chi connectivity index (χ0) is 22.3. The van der Waals surface area contributed by atoms with Crippen LogP contribution in [0.25, 0.3) is 6.08 Å². The van der Waals surface area contributed by atoms with Gasteiger partial charge >= 0.3 is 0 Å². The number of Topliss-reactive ketones (excluding diaryl/α,β-unsaturated/α-hetero) is 1. The second kappa shape index (κ2) is 10.4. The monoisotopic (exact) mass is 404 g/mol. The highest BCUT2D eigenvalue weighted by molar-refractivity contribution is 5.96. The molecule has 0 aliphatic heterocycles. The summed E-state index contributed by atoms with van der Waals surface area (Å²) in [6.07, 6.45) is 16.3. The van der Waals surface area contributed by atoms with Gasteiger partial charge in [-0.3, -0.25) is 4.79 Å². The molecule has 0 spiro atoms. The highest BCUT2D eigenvalue weighted by Crippen LogP contribution is 2.41. The zero-order valence-electron chi connectivity index (χ0n) is 19.4. The summed E-state index contributed by atoms with van der Waals surface area (Å²) < 4.78 is 0. The Hall–Kier alpha value is -2.61. The average molecular weight is 405 g/mol. The van der Waals surface area contributed by atoms with Crippen LogP contribution in [0.5, 0.6) is 5.75 Å². The van der Waals surface area contributed by atoms with Crippen molar-refractivity contribution in [1.29, 1.82) is 0 Å². The van der Waals surface area contributed by atoms with Crippen molar-refractivity contribution in [2.75, 3.05) is 0 Å². The molecule has 0 amide bonds. The maximum Gasteiger partial charge on any atom is 0.158 e. The Labute approximate surface area is 182 Å². The molecule has 0 bridgehead atoms. The molecule has 1 aromatic rings. The van der Waals surface area contributed by atoms with E-state index >= 15 is 0 Å². The first-order chi connectivity index (χ1) is 14.1. The van der Waals surface area contributed by atoms with Gasteiger partial charge in [0, 0.05) is 6.42 Å². The second-order valence-corrected chi connectivity index (χ2v) is 8.94. The van der Waals surface area contributed by atoms with Gasteiger partial charge in [0.1, 0.15) is 5.75 Å². The van der Waals surface area contributed by atoms with Crippen LogP contribution in [0.1, 0.15) is 71.4 Å². The van der Waals surface area contributed by atoms with Gasteiger partial charge < -0.3 is 5.11 Å². The quantitative estimate of drug-likeness (QED) is 0.474. The van der Waals surface area contributed by atoms with Crippen LogP contribution >= 0.6 is 0 Å². The molecular weight excluding hydrogens is 368 g/mol. The van der Waals surface area contributed by atoms with E-state index in [1.165, 1.54) is 5.57 Å². The minimum absolute atomic E-state index is 0.0482. The molecule has 0 saturated heterocycles. The molecule has 1 aromatic carbocycles. The molecule has 0 unspecified atom stereocenters. The van der Waals surface area contributed by atoms with Gasteiger partial charge in [0.25, 0.3) is 0 Å². The summed E-state index contributed by atoms with van der Waals surface area (Å²) in [6, 6.07) is 5.62. The van der Waals surface area contributed by atoms with Crippen LogP contribution < -0.4 is 0 Å². The molecule has 0 heterocycles. The number of hydrogen-bond acceptors (Lipinski definition) is 2. The van der Waals surface area contributed by atoms with Gasteiger partial charge in [-0.25, -0.2) is 0 Å². The fourth-order valence-corrected chi connectivity index (χ4v) is 3.92. The van der Waals surface area contributed by atoms with E-state index in [0.29, 0.717) is 12.2 Å². The number of allylic oxidation sites excluding steroid dienone is 9. The number of phenols is 1. The molecule has 1 aliphatic rings. The Kier molecular flexibility index (Phi) is 8.23. The molecule has 0 radical (unpaired) electrons. The van der Waals surface area contributed by atoms with Gasteiger partial charge in [0.15, 0.2) is 5.78 Å². The van der Waals surface area contributed by atoms with E-state index in [4.69, 9.17) is 0 Å². The Morgan fingerprint density at radius 2 is 1.90 bits per heavy atom. The van der Waals surface area contributed by atoms with Gasteiger partial charge in [-0.2, -0.15) is 0 Å². The molecule has 0 saturated carbocycles. The van der Waals surface area contributed by atoms with Crippen molar-refractivity contribution in [3.05, 3.63) is 82.0 Å². The van der Waals surface area contributed by atoms with Crippen molar-refractivity contribution in [3.8, 4) is 5.75 Å². The first-order valence-corrected chi connectivity index (χ1v) is 10.9. The van der Waals surface area contributed by atoms with Crippen LogP contribution in [0.2, 0.25) is 0 Å². The average Bonchev–Trinajstić information content (AvgIpc) is 2.68. The van der Waals surface area contributed by atoms with Crippen molar-refractivity contribution in [3.63, 3.8) is 0 Å². The summed E-state index contributed by atoms with van der Waals surface area (Å²) in [5, 5.41) is 9.65. The van der Waals surface area contributed by atoms with Gasteiger partial charge in [-0.15, -0.1) is 0 Å². The Morgan fingerprint density at radius 3 is 2.57 bits per heavy atom. The lowest BCUT2D eigenvalue weighted by Crippen LogP contribution is -2.23. The number of hydrogen-bond donors (Lipinski definition) is 1. The van der Waals surface area contributed by atoms with Gasteiger partial charge in [-0.1, -0.05) is 74.4 Å². The van der Waals surface area contributed by atoms with E-state index in [1.54, 1.807) is 6.07 Å². The van der Waals surface area contributed by atoms with E-state index in [0.717, 1.165) is 47.1 Å². The Balaban J connectivity index is 2.15. The summed E-state index contributed by atoms with van der Waals surface area (Å²) in [7, 11) is 0. The third-order valence-electron chi connectivity index (χ3n) is 5.79. The van der Waals surface area contributed by atoms with Crippen molar-refractivity contribution in [2.45, 2.75) is 67.2 Å². The van der Waals surface area contributed by atoms with Crippen molar-refractivity contribution in [1.82, 2.24) is 0 Å². The predicted octanol–water partition coefficient (Wildman–Crippen LogP) is 7.65. The normalized spacial score (nSPS) is 17.9. The van der Waals surface area contributed by atoms with Crippen LogP contribution in [0.15, 0.2) is 70.9 Å². The highest BCUT2D eigenvalue weighted by Gasteiger charge is 2.30. The Morgan fingerprint density at radius 1 is 1.17 bits per heavy atom. The fraction of sp³-hybridized carbons (Fsp3) is 0.393. The number of phenolic OH excluding ortho intramolecular Hbond substituents is 1. The van der Waals surface area contributed by atoms with Crippen LogP contribution in [0, 0.1) is 12.3 Å². The first kappa shape index (κ1) is 23.7. The third kappa shape index (κ3) is 6.45. The van der Waals surface area contributed by atoms with Gasteiger partial charge in [0.2, 0.25) is 0 Å². The third-order valence-corrected chi connectivity index (χ3v) is 5.79. The molecule has 1 N–H and O–H groups in total. The standard InChI is InChI=1S/C28H36O2/c1-7-26(29)24-12-9-17-28(5,6)25(24)15-13-20(2)10-8-11-21(3)18-23-14-16-27(30)22(4)19-23/h8,10-11,13-16,18-19,30H,7,9,12,17H2,1-6H3/b11-8+,15-13+,20-10+,21-18+. The largest absolute Gasteiger partial charge is 0.508 e. The topological polar surface area (TPSA) is 37.3 Å². The molecule has 0 aromatic heterocycles. The van der Waals surface area contributed by atoms with Crippen LogP contribution in [-0.2, 0) is 4.79 Å². The highest BCUT2D eigenvalue weighted by atomic mass is 16.3. The Bertz CT molecular complexity index is 933. The number of ketones is 1. The minimum Gasteiger partial charge on any atom is -0.508 e. The predicted molar refractivity (Wildman–Crippen MR) is 128 cm³/mol. The maximum atomic E-state index is 12.4. The number of benzene rings is 1. The van der Waals surface area contributed by atoms with Gasteiger partial charge in [0.05, 0.1) is 0 Å². The van der Waals surface area contributed by atoms with E-state index in [9.17, 15) is 9.90 Å². The van der Waals surface area contributed by atoms with Crippen molar-refractivity contribution >= 4 is 11.9 Å². The van der Waals surface area contributed by atoms with Crippen molar-refractivity contribution in [2.24, 2.45) is 5.41 Å². The molecule has 1 aliphatic carbocycles.